The molecule has 0 bridgehead atoms. The van der Waals surface area contributed by atoms with Crippen LogP contribution in [-0.4, -0.2) is 63.1 Å². The zero-order valence-corrected chi connectivity index (χ0v) is 19.6. The van der Waals surface area contributed by atoms with E-state index >= 15 is 0 Å². The number of carbonyl (C=O) groups excluding carboxylic acids is 1. The van der Waals surface area contributed by atoms with Gasteiger partial charge in [-0.15, -0.1) is 0 Å². The van der Waals surface area contributed by atoms with Gasteiger partial charge in [0.1, 0.15) is 12.4 Å². The lowest BCUT2D eigenvalue weighted by Gasteiger charge is -2.45. The quantitative estimate of drug-likeness (QED) is 0.675. The molecule has 2 heterocycles. The Labute approximate surface area is 174 Å². The molecule has 0 aromatic carbocycles. The van der Waals surface area contributed by atoms with E-state index in [1.165, 1.54) is 19.4 Å². The standard InChI is InChI=1S/C20H34N2O6Si/c1-12-18(26-6)13(11-15(27-12)28-29(7,8)20(2,3)4)22-19(24)16-17(23)14(25-5)9-10-21-16/h9-10,12-13,15,18,23H,11H2,1-8H3,(H,22,24)/t12-,13+,15+,18+/m0/s1. The second-order valence-electron chi connectivity index (χ2n) is 8.88. The lowest BCUT2D eigenvalue weighted by atomic mass is 9.99. The summed E-state index contributed by atoms with van der Waals surface area (Å²) in [6.45, 7) is 12.7. The summed E-state index contributed by atoms with van der Waals surface area (Å²) in [6.07, 6.45) is 0.768. The maximum Gasteiger partial charge on any atom is 0.274 e. The molecule has 9 heteroatoms. The lowest BCUT2D eigenvalue weighted by Crippen LogP contribution is -2.58. The predicted octanol–water partition coefficient (Wildman–Crippen LogP) is 3.07. The van der Waals surface area contributed by atoms with Crippen LogP contribution >= 0.6 is 0 Å². The van der Waals surface area contributed by atoms with Crippen LogP contribution in [0, 0.1) is 0 Å². The van der Waals surface area contributed by atoms with Crippen molar-refractivity contribution in [2.24, 2.45) is 0 Å². The van der Waals surface area contributed by atoms with Gasteiger partial charge in [-0.2, -0.15) is 0 Å². The molecule has 2 rings (SSSR count). The Morgan fingerprint density at radius 2 is 2.00 bits per heavy atom. The first-order chi connectivity index (χ1) is 13.4. The van der Waals surface area contributed by atoms with E-state index in [-0.39, 0.29) is 40.5 Å². The Kier molecular flexibility index (Phi) is 7.31. The van der Waals surface area contributed by atoms with E-state index < -0.39 is 20.5 Å². The molecule has 0 saturated carbocycles. The maximum atomic E-state index is 12.8. The number of carbonyl (C=O) groups is 1. The van der Waals surface area contributed by atoms with Gasteiger partial charge < -0.3 is 29.1 Å². The molecule has 8 nitrogen and oxygen atoms in total. The van der Waals surface area contributed by atoms with Crippen LogP contribution in [0.4, 0.5) is 0 Å². The fourth-order valence-corrected chi connectivity index (χ4v) is 4.29. The summed E-state index contributed by atoms with van der Waals surface area (Å²) < 4.78 is 23.1. The Bertz CT molecular complexity index is 721. The highest BCUT2D eigenvalue weighted by atomic mass is 28.4. The molecular weight excluding hydrogens is 392 g/mol. The predicted molar refractivity (Wildman–Crippen MR) is 112 cm³/mol. The minimum absolute atomic E-state index is 0.0345. The number of pyridine rings is 1. The van der Waals surface area contributed by atoms with Gasteiger partial charge in [-0.25, -0.2) is 4.98 Å². The highest BCUT2D eigenvalue weighted by Crippen LogP contribution is 2.39. The van der Waals surface area contributed by atoms with Crippen LogP contribution in [0.1, 0.15) is 44.6 Å². The first-order valence-corrected chi connectivity index (χ1v) is 12.7. The van der Waals surface area contributed by atoms with Gasteiger partial charge >= 0.3 is 0 Å². The third-order valence-electron chi connectivity index (χ3n) is 5.82. The van der Waals surface area contributed by atoms with Crippen molar-refractivity contribution in [2.75, 3.05) is 14.2 Å². The van der Waals surface area contributed by atoms with E-state index in [0.717, 1.165) is 0 Å². The zero-order chi connectivity index (χ0) is 22.0. The largest absolute Gasteiger partial charge is 0.503 e. The summed E-state index contributed by atoms with van der Waals surface area (Å²) in [6, 6.07) is 1.13. The van der Waals surface area contributed by atoms with Gasteiger partial charge in [0.05, 0.1) is 19.3 Å². The van der Waals surface area contributed by atoms with Crippen molar-refractivity contribution in [2.45, 2.75) is 76.8 Å². The van der Waals surface area contributed by atoms with E-state index in [1.54, 1.807) is 7.11 Å². The zero-order valence-electron chi connectivity index (χ0n) is 18.6. The normalized spacial score (nSPS) is 25.5. The van der Waals surface area contributed by atoms with Crippen molar-refractivity contribution in [1.82, 2.24) is 10.3 Å². The molecule has 2 N–H and O–H groups in total. The number of nitrogens with zero attached hydrogens (tertiary/aromatic N) is 1. The number of methoxy groups -OCH3 is 2. The van der Waals surface area contributed by atoms with Crippen LogP contribution in [-0.2, 0) is 13.9 Å². The summed E-state index contributed by atoms with van der Waals surface area (Å²) >= 11 is 0. The Morgan fingerprint density at radius 3 is 2.55 bits per heavy atom. The molecule has 29 heavy (non-hydrogen) atoms. The summed E-state index contributed by atoms with van der Waals surface area (Å²) in [7, 11) is 0.944. The third kappa shape index (κ3) is 5.27. The topological polar surface area (TPSA) is 99.1 Å². The molecule has 1 fully saturated rings. The van der Waals surface area contributed by atoms with Crippen molar-refractivity contribution in [3.63, 3.8) is 0 Å². The molecule has 0 radical (unpaired) electrons. The first-order valence-electron chi connectivity index (χ1n) is 9.80. The molecule has 0 spiro atoms. The van der Waals surface area contributed by atoms with Gasteiger partial charge in [0.25, 0.3) is 5.91 Å². The molecule has 1 saturated heterocycles. The smallest absolute Gasteiger partial charge is 0.274 e. The molecule has 4 atom stereocenters. The molecule has 1 amide bonds. The van der Waals surface area contributed by atoms with Crippen molar-refractivity contribution < 1.29 is 28.5 Å². The van der Waals surface area contributed by atoms with Crippen LogP contribution in [0.2, 0.25) is 18.1 Å². The highest BCUT2D eigenvalue weighted by Gasteiger charge is 2.44. The molecule has 164 valence electrons. The number of ether oxygens (including phenoxy) is 3. The molecule has 0 unspecified atom stereocenters. The SMILES string of the molecule is COc1ccnc(C(=O)N[C@@H]2C[C@@H](O[Si](C)(C)C(C)(C)C)O[C@@H](C)[C@H]2OC)c1O. The number of aromatic nitrogens is 1. The van der Waals surface area contributed by atoms with Crippen LogP contribution in [0.15, 0.2) is 12.3 Å². The summed E-state index contributed by atoms with van der Waals surface area (Å²) in [5.41, 5.74) is -0.0970. The van der Waals surface area contributed by atoms with Crippen molar-refractivity contribution in [3.05, 3.63) is 18.0 Å². The monoisotopic (exact) mass is 426 g/mol. The molecule has 1 aromatic heterocycles. The fourth-order valence-electron chi connectivity index (χ4n) is 3.12. The number of hydrogen-bond donors (Lipinski definition) is 2. The van der Waals surface area contributed by atoms with Crippen molar-refractivity contribution in [1.29, 1.82) is 0 Å². The van der Waals surface area contributed by atoms with Gasteiger partial charge in [-0.3, -0.25) is 4.79 Å². The maximum absolute atomic E-state index is 12.8. The summed E-state index contributed by atoms with van der Waals surface area (Å²) in [5.74, 6) is -0.614. The van der Waals surface area contributed by atoms with Gasteiger partial charge in [0, 0.05) is 25.8 Å². The van der Waals surface area contributed by atoms with Crippen LogP contribution < -0.4 is 10.1 Å². The van der Waals surface area contributed by atoms with Gasteiger partial charge in [0.15, 0.2) is 25.5 Å². The first kappa shape index (κ1) is 23.6. The number of hydrogen-bond acceptors (Lipinski definition) is 7. The van der Waals surface area contributed by atoms with Crippen LogP contribution in [0.3, 0.4) is 0 Å². The Morgan fingerprint density at radius 1 is 1.34 bits per heavy atom. The second-order valence-corrected chi connectivity index (χ2v) is 13.6. The van der Waals surface area contributed by atoms with Crippen molar-refractivity contribution >= 4 is 14.2 Å². The number of nitrogens with one attached hydrogen (secondary N) is 1. The van der Waals surface area contributed by atoms with E-state index in [9.17, 15) is 9.90 Å². The molecule has 0 aliphatic carbocycles. The molecule has 1 aromatic rings. The lowest BCUT2D eigenvalue weighted by molar-refractivity contribution is -0.200. The third-order valence-corrected chi connectivity index (χ3v) is 10.3. The fraction of sp³-hybridized carbons (Fsp3) is 0.700. The Balaban J connectivity index is 2.19. The molecule has 1 aliphatic heterocycles. The van der Waals surface area contributed by atoms with E-state index in [4.69, 9.17) is 18.6 Å². The minimum atomic E-state index is -2.06. The average molecular weight is 427 g/mol. The number of aromatic hydroxyl groups is 1. The molecule has 1 aliphatic rings. The van der Waals surface area contributed by atoms with E-state index in [2.05, 4.69) is 44.2 Å². The Hall–Kier alpha value is -1.68. The van der Waals surface area contributed by atoms with Crippen LogP contribution in [0.25, 0.3) is 0 Å². The molecular formula is C20H34N2O6Si. The number of amides is 1. The highest BCUT2D eigenvalue weighted by molar-refractivity contribution is 6.74. The van der Waals surface area contributed by atoms with Gasteiger partial charge in [-0.05, 0) is 25.1 Å². The number of rotatable bonds is 6. The van der Waals surface area contributed by atoms with E-state index in [0.29, 0.717) is 6.42 Å². The van der Waals surface area contributed by atoms with Crippen LogP contribution in [0.5, 0.6) is 11.5 Å². The van der Waals surface area contributed by atoms with E-state index in [1.807, 2.05) is 6.92 Å². The second kappa shape index (κ2) is 8.99. The van der Waals surface area contributed by atoms with Gasteiger partial charge in [0.2, 0.25) is 0 Å². The van der Waals surface area contributed by atoms with Gasteiger partial charge in [-0.1, -0.05) is 20.8 Å². The minimum Gasteiger partial charge on any atom is -0.503 e. The summed E-state index contributed by atoms with van der Waals surface area (Å²) in [4.78, 5) is 16.8. The van der Waals surface area contributed by atoms with Crippen molar-refractivity contribution in [3.8, 4) is 11.5 Å². The summed E-state index contributed by atoms with van der Waals surface area (Å²) in [5, 5.41) is 13.2. The average Bonchev–Trinajstić information content (AvgIpc) is 2.60.